The lowest BCUT2D eigenvalue weighted by Gasteiger charge is -2.27. The molecule has 2 nitrogen and oxygen atoms in total. The van der Waals surface area contributed by atoms with E-state index in [-0.39, 0.29) is 0 Å². The predicted molar refractivity (Wildman–Crippen MR) is 72.4 cm³/mol. The Bertz CT molecular complexity index is 131. The van der Waals surface area contributed by atoms with Crippen molar-refractivity contribution >= 4 is 16.6 Å². The molecule has 0 unspecified atom stereocenters. The van der Waals surface area contributed by atoms with Gasteiger partial charge in [0.25, 0.3) is 0 Å². The largest absolute Gasteiger partial charge is 0.456 e. The molecule has 1 aliphatic heterocycles. The summed E-state index contributed by atoms with van der Waals surface area (Å²) in [4.78, 5) is 0. The maximum atomic E-state index is 5.90. The van der Waals surface area contributed by atoms with Gasteiger partial charge in [-0.1, -0.05) is 0 Å². The van der Waals surface area contributed by atoms with Crippen molar-refractivity contribution in [2.24, 2.45) is 0 Å². The van der Waals surface area contributed by atoms with Gasteiger partial charge in [-0.2, -0.15) is 0 Å². The molecule has 0 aromatic carbocycles. The van der Waals surface area contributed by atoms with Gasteiger partial charge in [0, 0.05) is 13.2 Å². The summed E-state index contributed by atoms with van der Waals surface area (Å²) >= 11 is 0. The Morgan fingerprint density at radius 3 is 1.20 bits per heavy atom. The molecular formula is C11H28O2Si2. The van der Waals surface area contributed by atoms with Crippen LogP contribution in [0.25, 0.3) is 0 Å². The molecule has 1 heterocycles. The molecule has 0 atom stereocenters. The van der Waals surface area contributed by atoms with Crippen LogP contribution in [0.3, 0.4) is 0 Å². The minimum Gasteiger partial charge on any atom is -0.456 e. The lowest BCUT2D eigenvalue weighted by Crippen LogP contribution is -2.39. The fourth-order valence-corrected chi connectivity index (χ4v) is 8.95. The highest BCUT2D eigenvalue weighted by Crippen LogP contribution is 2.12. The average molecular weight is 249 g/mol. The third-order valence-corrected chi connectivity index (χ3v) is 6.59. The molecule has 0 aliphatic carbocycles. The van der Waals surface area contributed by atoms with Crippen LogP contribution in [0.4, 0.5) is 0 Å². The van der Waals surface area contributed by atoms with Crippen molar-refractivity contribution in [3.05, 3.63) is 0 Å². The average Bonchev–Trinajstić information content (AvgIpc) is 2.01. The molecule has 1 rings (SSSR count). The Morgan fingerprint density at radius 2 is 1.13 bits per heavy atom. The van der Waals surface area contributed by atoms with Crippen LogP contribution in [0.5, 0.6) is 0 Å². The van der Waals surface area contributed by atoms with Gasteiger partial charge >= 0.3 is 0 Å². The smallest absolute Gasteiger partial charge is 0.170 e. The molecule has 0 aromatic heterocycles. The first-order valence-electron chi connectivity index (χ1n) is 5.99. The lowest BCUT2D eigenvalue weighted by atomic mass is 10.2. The van der Waals surface area contributed by atoms with E-state index < -0.39 is 16.6 Å². The summed E-state index contributed by atoms with van der Waals surface area (Å²) in [7, 11) is -2.46. The van der Waals surface area contributed by atoms with Crippen molar-refractivity contribution in [2.45, 2.75) is 58.5 Å². The number of hydrogen-bond donors (Lipinski definition) is 0. The molecule has 0 N–H and O–H groups in total. The van der Waals surface area contributed by atoms with E-state index in [0.717, 1.165) is 13.2 Å². The van der Waals surface area contributed by atoms with Gasteiger partial charge in [-0.05, 0) is 58.5 Å². The van der Waals surface area contributed by atoms with Gasteiger partial charge in [-0.25, -0.2) is 0 Å². The van der Waals surface area contributed by atoms with E-state index in [0.29, 0.717) is 0 Å². The molecular weight excluding hydrogens is 220 g/mol. The number of ether oxygens (including phenoxy) is 1. The molecule has 92 valence electrons. The van der Waals surface area contributed by atoms with Crippen LogP contribution in [0, 0.1) is 0 Å². The van der Waals surface area contributed by atoms with Crippen LogP contribution in [0.2, 0.25) is 39.3 Å². The topological polar surface area (TPSA) is 18.5 Å². The molecule has 0 saturated carbocycles. The standard InChI is InChI=1S/C6H18OSi2.C5H10O/c1-8(2,3)7-9(4,5)6;1-2-4-6-5-3-1/h1-6H3;1-5H2. The van der Waals surface area contributed by atoms with Gasteiger partial charge in [-0.15, -0.1) is 0 Å². The Morgan fingerprint density at radius 1 is 0.733 bits per heavy atom. The van der Waals surface area contributed by atoms with Crippen molar-refractivity contribution in [3.63, 3.8) is 0 Å². The number of rotatable bonds is 2. The molecule has 1 aliphatic rings. The van der Waals surface area contributed by atoms with Crippen LogP contribution < -0.4 is 0 Å². The summed E-state index contributed by atoms with van der Waals surface area (Å²) in [6, 6.07) is 0. The quantitative estimate of drug-likeness (QED) is 0.691. The maximum absolute atomic E-state index is 5.90. The highest BCUT2D eigenvalue weighted by Gasteiger charge is 2.24. The van der Waals surface area contributed by atoms with E-state index in [4.69, 9.17) is 8.85 Å². The Kier molecular flexibility index (Phi) is 6.99. The van der Waals surface area contributed by atoms with Crippen molar-refractivity contribution in [1.82, 2.24) is 0 Å². The highest BCUT2D eigenvalue weighted by atomic mass is 28.4. The van der Waals surface area contributed by atoms with Crippen molar-refractivity contribution in [1.29, 1.82) is 0 Å². The fourth-order valence-electron chi connectivity index (χ4n) is 1.61. The van der Waals surface area contributed by atoms with Gasteiger partial charge < -0.3 is 8.85 Å². The summed E-state index contributed by atoms with van der Waals surface area (Å²) in [5.74, 6) is 0. The van der Waals surface area contributed by atoms with Crippen LogP contribution >= 0.6 is 0 Å². The third-order valence-electron chi connectivity index (χ3n) is 1.69. The minimum absolute atomic E-state index is 1.00. The van der Waals surface area contributed by atoms with Crippen LogP contribution in [-0.4, -0.2) is 29.8 Å². The molecule has 15 heavy (non-hydrogen) atoms. The Balaban J connectivity index is 0.000000280. The minimum atomic E-state index is -1.23. The zero-order chi connectivity index (χ0) is 11.9. The van der Waals surface area contributed by atoms with Crippen LogP contribution in [0.1, 0.15) is 19.3 Å². The van der Waals surface area contributed by atoms with Gasteiger partial charge in [0.05, 0.1) is 0 Å². The molecule has 1 saturated heterocycles. The highest BCUT2D eigenvalue weighted by molar-refractivity contribution is 6.83. The molecule has 0 amide bonds. The summed E-state index contributed by atoms with van der Waals surface area (Å²) in [5, 5.41) is 0. The predicted octanol–water partition coefficient (Wildman–Crippen LogP) is 3.86. The van der Waals surface area contributed by atoms with Gasteiger partial charge in [-0.3, -0.25) is 0 Å². The van der Waals surface area contributed by atoms with E-state index in [1.807, 2.05) is 0 Å². The van der Waals surface area contributed by atoms with E-state index in [9.17, 15) is 0 Å². The lowest BCUT2D eigenvalue weighted by molar-refractivity contribution is 0.0968. The molecule has 0 bridgehead atoms. The second-order valence-electron chi connectivity index (χ2n) is 6.00. The second-order valence-corrected chi connectivity index (χ2v) is 15.3. The summed E-state index contributed by atoms with van der Waals surface area (Å²) in [6.07, 6.45) is 3.93. The first kappa shape index (κ1) is 15.4. The molecule has 0 spiro atoms. The van der Waals surface area contributed by atoms with Crippen molar-refractivity contribution in [3.8, 4) is 0 Å². The van der Waals surface area contributed by atoms with Gasteiger partial charge in [0.15, 0.2) is 16.6 Å². The third kappa shape index (κ3) is 14.4. The molecule has 4 heteroatoms. The fraction of sp³-hybridized carbons (Fsp3) is 1.00. The van der Waals surface area contributed by atoms with E-state index in [1.54, 1.807) is 0 Å². The Labute approximate surface area is 97.6 Å². The first-order chi connectivity index (χ1) is 6.71. The normalized spacial score (nSPS) is 18.0. The van der Waals surface area contributed by atoms with E-state index in [2.05, 4.69) is 39.3 Å². The summed E-state index contributed by atoms with van der Waals surface area (Å²) in [6.45, 7) is 15.4. The first-order valence-corrected chi connectivity index (χ1v) is 12.8. The Hall–Kier alpha value is 0.354. The van der Waals surface area contributed by atoms with E-state index >= 15 is 0 Å². The van der Waals surface area contributed by atoms with E-state index in [1.165, 1.54) is 19.3 Å². The molecule has 0 radical (unpaired) electrons. The zero-order valence-electron chi connectivity index (χ0n) is 11.4. The molecule has 0 aromatic rings. The maximum Gasteiger partial charge on any atom is 0.170 e. The van der Waals surface area contributed by atoms with Crippen molar-refractivity contribution in [2.75, 3.05) is 13.2 Å². The van der Waals surface area contributed by atoms with Crippen LogP contribution in [0.15, 0.2) is 0 Å². The van der Waals surface area contributed by atoms with Crippen LogP contribution in [-0.2, 0) is 8.85 Å². The monoisotopic (exact) mass is 248 g/mol. The zero-order valence-corrected chi connectivity index (χ0v) is 13.4. The summed E-state index contributed by atoms with van der Waals surface area (Å²) in [5.41, 5.74) is 0. The second kappa shape index (κ2) is 6.83. The van der Waals surface area contributed by atoms with Gasteiger partial charge in [0.1, 0.15) is 0 Å². The molecule has 1 fully saturated rings. The SMILES string of the molecule is C1CCOCC1.C[Si](C)(C)O[Si](C)(C)C. The summed E-state index contributed by atoms with van der Waals surface area (Å²) < 4.78 is 11.0. The van der Waals surface area contributed by atoms with Gasteiger partial charge in [0.2, 0.25) is 0 Å². The van der Waals surface area contributed by atoms with Crippen molar-refractivity contribution < 1.29 is 8.85 Å². The number of hydrogen-bond acceptors (Lipinski definition) is 2.